The molecule has 1 fully saturated rings. The van der Waals surface area contributed by atoms with Crippen LogP contribution in [0.3, 0.4) is 0 Å². The summed E-state index contributed by atoms with van der Waals surface area (Å²) >= 11 is 0. The van der Waals surface area contributed by atoms with Crippen molar-refractivity contribution in [1.29, 1.82) is 0 Å². The molecule has 1 aliphatic carbocycles. The van der Waals surface area contributed by atoms with Crippen molar-refractivity contribution in [3.8, 4) is 0 Å². The van der Waals surface area contributed by atoms with Crippen LogP contribution in [0.25, 0.3) is 0 Å². The Bertz CT molecular complexity index is 153. The predicted octanol–water partition coefficient (Wildman–Crippen LogP) is 2.09. The Morgan fingerprint density at radius 2 is 1.80 bits per heavy atom. The molecule has 0 aromatic rings. The van der Waals surface area contributed by atoms with E-state index in [1.807, 2.05) is 0 Å². The molecular formula is C12H25NO2. The van der Waals surface area contributed by atoms with Crippen molar-refractivity contribution in [2.75, 3.05) is 20.3 Å². The fourth-order valence-electron chi connectivity index (χ4n) is 2.12. The van der Waals surface area contributed by atoms with Crippen LogP contribution in [-0.2, 0) is 9.47 Å². The van der Waals surface area contributed by atoms with Crippen LogP contribution in [0.2, 0.25) is 0 Å². The molecule has 0 bridgehead atoms. The molecule has 1 rings (SSSR count). The van der Waals surface area contributed by atoms with Gasteiger partial charge in [0, 0.05) is 26.4 Å². The van der Waals surface area contributed by atoms with Crippen LogP contribution in [0.5, 0.6) is 0 Å². The number of ether oxygens (including phenoxy) is 2. The van der Waals surface area contributed by atoms with E-state index < -0.39 is 0 Å². The van der Waals surface area contributed by atoms with E-state index in [-0.39, 0.29) is 12.1 Å². The molecule has 2 N–H and O–H groups in total. The molecule has 0 saturated heterocycles. The van der Waals surface area contributed by atoms with Gasteiger partial charge in [-0.05, 0) is 19.3 Å². The molecule has 0 amide bonds. The van der Waals surface area contributed by atoms with Crippen LogP contribution in [0.15, 0.2) is 0 Å². The Morgan fingerprint density at radius 3 is 2.53 bits per heavy atom. The summed E-state index contributed by atoms with van der Waals surface area (Å²) in [4.78, 5) is 0. The van der Waals surface area contributed by atoms with Crippen molar-refractivity contribution in [3.05, 3.63) is 0 Å². The van der Waals surface area contributed by atoms with E-state index in [4.69, 9.17) is 15.2 Å². The van der Waals surface area contributed by atoms with Crippen molar-refractivity contribution < 1.29 is 9.47 Å². The highest BCUT2D eigenvalue weighted by Crippen LogP contribution is 2.18. The summed E-state index contributed by atoms with van der Waals surface area (Å²) in [6.07, 6.45) is 8.71. The average Bonchev–Trinajstić information content (AvgIpc) is 2.22. The molecule has 3 heteroatoms. The molecule has 0 aromatic heterocycles. The molecule has 0 heterocycles. The standard InChI is InChI=1S/C12H25NO2/c1-14-9-6-10-15-12-8-5-3-2-4-7-11(12)13/h11-12H,2-10,13H2,1H3. The zero-order chi connectivity index (χ0) is 10.9. The molecule has 15 heavy (non-hydrogen) atoms. The van der Waals surface area contributed by atoms with E-state index in [0.29, 0.717) is 0 Å². The minimum Gasteiger partial charge on any atom is -0.385 e. The largest absolute Gasteiger partial charge is 0.385 e. The Labute approximate surface area is 93.3 Å². The number of rotatable bonds is 5. The fourth-order valence-corrected chi connectivity index (χ4v) is 2.12. The monoisotopic (exact) mass is 215 g/mol. The van der Waals surface area contributed by atoms with Gasteiger partial charge in [0.1, 0.15) is 0 Å². The molecule has 0 aromatic carbocycles. The smallest absolute Gasteiger partial charge is 0.0725 e. The van der Waals surface area contributed by atoms with Gasteiger partial charge in [-0.15, -0.1) is 0 Å². The Kier molecular flexibility index (Phi) is 6.98. The molecule has 0 spiro atoms. The highest BCUT2D eigenvalue weighted by molar-refractivity contribution is 4.75. The normalized spacial score (nSPS) is 28.4. The maximum Gasteiger partial charge on any atom is 0.0725 e. The third-order valence-corrected chi connectivity index (χ3v) is 3.08. The molecule has 2 unspecified atom stereocenters. The topological polar surface area (TPSA) is 44.5 Å². The zero-order valence-corrected chi connectivity index (χ0v) is 9.91. The van der Waals surface area contributed by atoms with E-state index in [1.165, 1.54) is 25.7 Å². The fraction of sp³-hybridized carbons (Fsp3) is 1.00. The molecule has 3 nitrogen and oxygen atoms in total. The van der Waals surface area contributed by atoms with Gasteiger partial charge in [-0.25, -0.2) is 0 Å². The number of methoxy groups -OCH3 is 1. The van der Waals surface area contributed by atoms with Crippen molar-refractivity contribution in [2.24, 2.45) is 5.73 Å². The Hall–Kier alpha value is -0.120. The van der Waals surface area contributed by atoms with Gasteiger partial charge in [0.25, 0.3) is 0 Å². The lowest BCUT2D eigenvalue weighted by molar-refractivity contribution is 0.0133. The van der Waals surface area contributed by atoms with Crippen LogP contribution in [0.1, 0.15) is 44.9 Å². The van der Waals surface area contributed by atoms with Crippen LogP contribution < -0.4 is 5.73 Å². The van der Waals surface area contributed by atoms with Gasteiger partial charge in [-0.2, -0.15) is 0 Å². The summed E-state index contributed by atoms with van der Waals surface area (Å²) in [7, 11) is 1.72. The first-order valence-electron chi connectivity index (χ1n) is 6.20. The summed E-state index contributed by atoms with van der Waals surface area (Å²) in [5.41, 5.74) is 6.11. The quantitative estimate of drug-likeness (QED) is 0.714. The van der Waals surface area contributed by atoms with Gasteiger partial charge in [-0.1, -0.05) is 25.7 Å². The SMILES string of the molecule is COCCCOC1CCCCCCC1N. The molecule has 90 valence electrons. The van der Waals surface area contributed by atoms with Gasteiger partial charge < -0.3 is 15.2 Å². The van der Waals surface area contributed by atoms with Gasteiger partial charge >= 0.3 is 0 Å². The van der Waals surface area contributed by atoms with Crippen LogP contribution >= 0.6 is 0 Å². The number of hydrogen-bond donors (Lipinski definition) is 1. The number of nitrogens with two attached hydrogens (primary N) is 1. The first-order chi connectivity index (χ1) is 7.34. The lowest BCUT2D eigenvalue weighted by atomic mass is 9.95. The molecular weight excluding hydrogens is 190 g/mol. The summed E-state index contributed by atoms with van der Waals surface area (Å²) in [6, 6.07) is 0.243. The first-order valence-corrected chi connectivity index (χ1v) is 6.20. The summed E-state index contributed by atoms with van der Waals surface area (Å²) in [6.45, 7) is 1.56. The summed E-state index contributed by atoms with van der Waals surface area (Å²) in [5.74, 6) is 0. The molecule has 1 aliphatic rings. The lowest BCUT2D eigenvalue weighted by Crippen LogP contribution is -2.37. The highest BCUT2D eigenvalue weighted by Gasteiger charge is 2.19. The second-order valence-corrected chi connectivity index (χ2v) is 4.41. The lowest BCUT2D eigenvalue weighted by Gasteiger charge is -2.26. The van der Waals surface area contributed by atoms with Gasteiger partial charge in [0.05, 0.1) is 6.10 Å². The van der Waals surface area contributed by atoms with Crippen LogP contribution in [0, 0.1) is 0 Å². The molecule has 2 atom stereocenters. The highest BCUT2D eigenvalue weighted by atomic mass is 16.5. The van der Waals surface area contributed by atoms with E-state index in [9.17, 15) is 0 Å². The molecule has 1 saturated carbocycles. The maximum absolute atomic E-state index is 6.11. The van der Waals surface area contributed by atoms with Crippen molar-refractivity contribution in [3.63, 3.8) is 0 Å². The minimum atomic E-state index is 0.243. The van der Waals surface area contributed by atoms with E-state index in [1.54, 1.807) is 7.11 Å². The van der Waals surface area contributed by atoms with Crippen molar-refractivity contribution in [1.82, 2.24) is 0 Å². The number of hydrogen-bond acceptors (Lipinski definition) is 3. The average molecular weight is 215 g/mol. The van der Waals surface area contributed by atoms with Gasteiger partial charge in [0.15, 0.2) is 0 Å². The zero-order valence-electron chi connectivity index (χ0n) is 9.91. The van der Waals surface area contributed by atoms with Crippen molar-refractivity contribution >= 4 is 0 Å². The first kappa shape index (κ1) is 12.9. The molecule has 0 radical (unpaired) electrons. The Balaban J connectivity index is 2.17. The Morgan fingerprint density at radius 1 is 1.07 bits per heavy atom. The molecule has 0 aliphatic heterocycles. The predicted molar refractivity (Wildman–Crippen MR) is 61.9 cm³/mol. The third kappa shape index (κ3) is 5.50. The van der Waals surface area contributed by atoms with E-state index >= 15 is 0 Å². The van der Waals surface area contributed by atoms with Gasteiger partial charge in [-0.3, -0.25) is 0 Å². The van der Waals surface area contributed by atoms with E-state index in [0.717, 1.165) is 32.5 Å². The second kappa shape index (κ2) is 8.08. The summed E-state index contributed by atoms with van der Waals surface area (Å²) < 4.78 is 10.8. The van der Waals surface area contributed by atoms with Crippen LogP contribution in [0.4, 0.5) is 0 Å². The van der Waals surface area contributed by atoms with Gasteiger partial charge in [0.2, 0.25) is 0 Å². The van der Waals surface area contributed by atoms with Crippen LogP contribution in [-0.4, -0.2) is 32.5 Å². The summed E-state index contributed by atoms with van der Waals surface area (Å²) in [5, 5.41) is 0. The minimum absolute atomic E-state index is 0.243. The maximum atomic E-state index is 6.11. The van der Waals surface area contributed by atoms with E-state index in [2.05, 4.69) is 0 Å². The third-order valence-electron chi connectivity index (χ3n) is 3.08. The second-order valence-electron chi connectivity index (χ2n) is 4.41. The van der Waals surface area contributed by atoms with Crippen molar-refractivity contribution in [2.45, 2.75) is 57.1 Å².